The van der Waals surface area contributed by atoms with Crippen molar-refractivity contribution in [1.82, 2.24) is 4.98 Å². The molecule has 0 spiro atoms. The fraction of sp³-hybridized carbons (Fsp3) is 0.538. The van der Waals surface area contributed by atoms with Crippen LogP contribution in [0.2, 0.25) is 0 Å². The van der Waals surface area contributed by atoms with Crippen LogP contribution in [-0.2, 0) is 0 Å². The first-order valence-corrected chi connectivity index (χ1v) is 5.81. The van der Waals surface area contributed by atoms with Gasteiger partial charge in [0.15, 0.2) is 0 Å². The maximum Gasteiger partial charge on any atom is 0.0486 e. The van der Waals surface area contributed by atoms with E-state index in [1.165, 1.54) is 0 Å². The van der Waals surface area contributed by atoms with Crippen LogP contribution in [0.3, 0.4) is 0 Å². The number of aryl methyl sites for hydroxylation is 2. The Labute approximate surface area is 99.6 Å². The van der Waals surface area contributed by atoms with Crippen LogP contribution in [0.15, 0.2) is 6.07 Å². The zero-order chi connectivity index (χ0) is 13.3. The molecule has 0 radical (unpaired) electrons. The summed E-state index contributed by atoms with van der Waals surface area (Å²) < 4.78 is 0. The predicted molar refractivity (Wildman–Crippen MR) is 73.3 cm³/mol. The number of pyridine rings is 1. The van der Waals surface area contributed by atoms with Crippen molar-refractivity contribution >= 4 is 11.4 Å². The average molecular weight is 223 g/mol. The van der Waals surface area contributed by atoms with Gasteiger partial charge in [-0.1, -0.05) is 27.7 Å². The van der Waals surface area contributed by atoms with Gasteiger partial charge in [-0.3, -0.25) is 4.98 Å². The van der Waals surface area contributed by atoms with Crippen LogP contribution in [0.1, 0.15) is 51.6 Å². The molecule has 0 saturated carbocycles. The second-order valence-corrected chi connectivity index (χ2v) is 2.94. The molecule has 0 aromatic carbocycles. The molecule has 0 bridgehead atoms. The number of nitrogens with one attached hydrogen (secondary N) is 1. The minimum atomic E-state index is 0.470. The van der Waals surface area contributed by atoms with Crippen molar-refractivity contribution in [1.29, 1.82) is 5.41 Å². The van der Waals surface area contributed by atoms with Gasteiger partial charge in [0.25, 0.3) is 0 Å². The molecule has 0 aliphatic heterocycles. The van der Waals surface area contributed by atoms with Gasteiger partial charge in [0.05, 0.1) is 0 Å². The van der Waals surface area contributed by atoms with Crippen LogP contribution in [-0.4, -0.2) is 10.7 Å². The minimum Gasteiger partial charge on any atom is -0.398 e. The molecular weight excluding hydrogens is 198 g/mol. The molecule has 16 heavy (non-hydrogen) atoms. The Kier molecular flexibility index (Phi) is 9.46. The minimum absolute atomic E-state index is 0.470. The molecule has 0 saturated heterocycles. The molecule has 0 aliphatic carbocycles. The summed E-state index contributed by atoms with van der Waals surface area (Å²) in [7, 11) is 0. The van der Waals surface area contributed by atoms with Crippen LogP contribution in [0.4, 0.5) is 5.69 Å². The van der Waals surface area contributed by atoms with Crippen LogP contribution in [0.5, 0.6) is 0 Å². The van der Waals surface area contributed by atoms with Crippen LogP contribution in [0, 0.1) is 19.3 Å². The van der Waals surface area contributed by atoms with E-state index < -0.39 is 0 Å². The summed E-state index contributed by atoms with van der Waals surface area (Å²) in [5, 5.41) is 7.47. The lowest BCUT2D eigenvalue weighted by Crippen LogP contribution is -2.05. The lowest BCUT2D eigenvalue weighted by Gasteiger charge is -2.07. The van der Waals surface area contributed by atoms with Crippen molar-refractivity contribution in [2.24, 2.45) is 0 Å². The number of anilines is 1. The number of hydrogen-bond donors (Lipinski definition) is 2. The number of nitrogens with zero attached hydrogens (tertiary/aromatic N) is 1. The number of nitrogen functional groups attached to an aromatic ring is 1. The smallest absolute Gasteiger partial charge is 0.0486 e. The second-order valence-electron chi connectivity index (χ2n) is 2.94. The van der Waals surface area contributed by atoms with Crippen molar-refractivity contribution in [2.75, 3.05) is 5.73 Å². The van der Waals surface area contributed by atoms with Gasteiger partial charge in [0, 0.05) is 28.4 Å². The molecule has 1 aromatic rings. The quantitative estimate of drug-likeness (QED) is 0.713. The predicted octanol–water partition coefficient (Wildman–Crippen LogP) is 3.72. The Morgan fingerprint density at radius 3 is 1.94 bits per heavy atom. The third-order valence-corrected chi connectivity index (χ3v) is 1.73. The third kappa shape index (κ3) is 4.91. The fourth-order valence-electron chi connectivity index (χ4n) is 1.35. The maximum atomic E-state index is 7.47. The van der Waals surface area contributed by atoms with E-state index in [1.807, 2.05) is 41.5 Å². The average Bonchev–Trinajstić information content (AvgIpc) is 2.21. The summed E-state index contributed by atoms with van der Waals surface area (Å²) >= 11 is 0. The maximum absolute atomic E-state index is 7.47. The summed E-state index contributed by atoms with van der Waals surface area (Å²) in [5.41, 5.74) is 9.35. The normalized spacial score (nSPS) is 8.19. The monoisotopic (exact) mass is 223 g/mol. The van der Waals surface area contributed by atoms with Gasteiger partial charge in [-0.15, -0.1) is 0 Å². The molecule has 1 heterocycles. The summed E-state index contributed by atoms with van der Waals surface area (Å²) in [6, 6.07) is 1.79. The van der Waals surface area contributed by atoms with Gasteiger partial charge in [-0.25, -0.2) is 0 Å². The number of aromatic nitrogens is 1. The Hall–Kier alpha value is -1.38. The highest BCUT2D eigenvalue weighted by molar-refractivity contribution is 6.01. The van der Waals surface area contributed by atoms with Crippen LogP contribution in [0.25, 0.3) is 0 Å². The van der Waals surface area contributed by atoms with Gasteiger partial charge in [-0.05, 0) is 26.8 Å². The highest BCUT2D eigenvalue weighted by atomic mass is 14.7. The zero-order valence-electron chi connectivity index (χ0n) is 11.6. The highest BCUT2D eigenvalue weighted by Crippen LogP contribution is 2.16. The molecule has 3 heteroatoms. The van der Waals surface area contributed by atoms with E-state index in [2.05, 4.69) is 4.98 Å². The molecule has 0 amide bonds. The molecule has 0 fully saturated rings. The molecule has 0 aliphatic rings. The van der Waals surface area contributed by atoms with E-state index in [-0.39, 0.29) is 0 Å². The van der Waals surface area contributed by atoms with Gasteiger partial charge in [0.2, 0.25) is 0 Å². The van der Waals surface area contributed by atoms with Gasteiger partial charge >= 0.3 is 0 Å². The zero-order valence-corrected chi connectivity index (χ0v) is 11.6. The molecule has 3 nitrogen and oxygen atoms in total. The van der Waals surface area contributed by atoms with Crippen molar-refractivity contribution in [3.05, 3.63) is 23.0 Å². The Bertz CT molecular complexity index is 307. The van der Waals surface area contributed by atoms with E-state index in [4.69, 9.17) is 11.1 Å². The summed E-state index contributed by atoms with van der Waals surface area (Å²) in [6.45, 7) is 13.5. The molecule has 0 unspecified atom stereocenters. The summed E-state index contributed by atoms with van der Waals surface area (Å²) in [4.78, 5) is 4.23. The third-order valence-electron chi connectivity index (χ3n) is 1.73. The SMILES string of the molecule is CC.CC.CC(=N)c1c(N)cc(C)nc1C. The van der Waals surface area contributed by atoms with E-state index in [0.29, 0.717) is 11.4 Å². The Balaban J connectivity index is 0. The van der Waals surface area contributed by atoms with Crippen LogP contribution >= 0.6 is 0 Å². The summed E-state index contributed by atoms with van der Waals surface area (Å²) in [6.07, 6.45) is 0. The topological polar surface area (TPSA) is 62.8 Å². The standard InChI is InChI=1S/C9H13N3.2C2H6/c1-5-4-8(11)9(6(2)10)7(3)12-5;2*1-2/h4,10H,1-3H3,(H2,11,12);2*1-2H3. The van der Waals surface area contributed by atoms with Gasteiger partial charge < -0.3 is 11.1 Å². The Morgan fingerprint density at radius 1 is 1.19 bits per heavy atom. The lowest BCUT2D eigenvalue weighted by atomic mass is 10.1. The van der Waals surface area contributed by atoms with Crippen LogP contribution < -0.4 is 5.73 Å². The van der Waals surface area contributed by atoms with E-state index in [9.17, 15) is 0 Å². The van der Waals surface area contributed by atoms with E-state index in [0.717, 1.165) is 17.0 Å². The van der Waals surface area contributed by atoms with E-state index >= 15 is 0 Å². The Morgan fingerprint density at radius 2 is 1.62 bits per heavy atom. The largest absolute Gasteiger partial charge is 0.398 e. The van der Waals surface area contributed by atoms with Crippen molar-refractivity contribution in [3.63, 3.8) is 0 Å². The molecule has 0 atom stereocenters. The molecule has 3 N–H and O–H groups in total. The van der Waals surface area contributed by atoms with Gasteiger partial charge in [0.1, 0.15) is 0 Å². The molecule has 1 aromatic heterocycles. The fourth-order valence-corrected chi connectivity index (χ4v) is 1.35. The van der Waals surface area contributed by atoms with Crippen molar-refractivity contribution < 1.29 is 0 Å². The molecule has 1 rings (SSSR count). The first-order chi connectivity index (χ1) is 7.52. The number of rotatable bonds is 1. The van der Waals surface area contributed by atoms with Crippen molar-refractivity contribution in [3.8, 4) is 0 Å². The number of nitrogens with two attached hydrogens (primary N) is 1. The number of hydrogen-bond acceptors (Lipinski definition) is 3. The first kappa shape index (κ1) is 17.0. The lowest BCUT2D eigenvalue weighted by molar-refractivity contribution is 1.11. The van der Waals surface area contributed by atoms with Crippen molar-refractivity contribution in [2.45, 2.75) is 48.5 Å². The first-order valence-electron chi connectivity index (χ1n) is 5.81. The highest BCUT2D eigenvalue weighted by Gasteiger charge is 2.06. The second kappa shape index (κ2) is 8.89. The summed E-state index contributed by atoms with van der Waals surface area (Å²) in [5.74, 6) is 0. The molecule has 92 valence electrons. The van der Waals surface area contributed by atoms with Gasteiger partial charge in [-0.2, -0.15) is 0 Å². The molecular formula is C13H25N3. The van der Waals surface area contributed by atoms with E-state index in [1.54, 1.807) is 13.0 Å².